The van der Waals surface area contributed by atoms with Crippen molar-refractivity contribution in [2.75, 3.05) is 6.54 Å². The van der Waals surface area contributed by atoms with Crippen molar-refractivity contribution in [2.24, 2.45) is 11.7 Å². The molecule has 0 spiro atoms. The normalized spacial score (nSPS) is 18.1. The first-order chi connectivity index (χ1) is 10.3. The Morgan fingerprint density at radius 2 is 1.90 bits per heavy atom. The van der Waals surface area contributed by atoms with Crippen molar-refractivity contribution in [3.8, 4) is 5.75 Å². The van der Waals surface area contributed by atoms with Gasteiger partial charge < -0.3 is 10.5 Å². The van der Waals surface area contributed by atoms with Gasteiger partial charge in [-0.15, -0.1) is 0 Å². The number of para-hydroxylation sites is 1. The molecule has 2 heteroatoms. The van der Waals surface area contributed by atoms with Gasteiger partial charge in [0.25, 0.3) is 0 Å². The molecule has 0 radical (unpaired) electrons. The summed E-state index contributed by atoms with van der Waals surface area (Å²) in [5, 5.41) is 0. The first-order valence-corrected chi connectivity index (χ1v) is 7.75. The molecule has 3 rings (SSSR count). The highest BCUT2D eigenvalue weighted by Gasteiger charge is 2.25. The van der Waals surface area contributed by atoms with Gasteiger partial charge in [-0.05, 0) is 55.0 Å². The Morgan fingerprint density at radius 3 is 2.67 bits per heavy atom. The third kappa shape index (κ3) is 3.27. The third-order valence-corrected chi connectivity index (χ3v) is 4.41. The zero-order valence-electron chi connectivity index (χ0n) is 12.6. The maximum Gasteiger partial charge on any atom is 0.123 e. The number of hydrogen-bond donors (Lipinski definition) is 1. The quantitative estimate of drug-likeness (QED) is 0.910. The van der Waals surface area contributed by atoms with E-state index >= 15 is 0 Å². The topological polar surface area (TPSA) is 35.2 Å². The van der Waals surface area contributed by atoms with E-state index in [4.69, 9.17) is 10.5 Å². The molecular formula is C19H23NO. The van der Waals surface area contributed by atoms with Gasteiger partial charge in [-0.25, -0.2) is 0 Å². The van der Waals surface area contributed by atoms with Gasteiger partial charge in [0.15, 0.2) is 0 Å². The lowest BCUT2D eigenvalue weighted by Gasteiger charge is -2.20. The van der Waals surface area contributed by atoms with Crippen LogP contribution in [0.1, 0.15) is 23.1 Å². The summed E-state index contributed by atoms with van der Waals surface area (Å²) < 4.78 is 6.05. The summed E-state index contributed by atoms with van der Waals surface area (Å²) in [4.78, 5) is 0. The Balaban J connectivity index is 1.63. The van der Waals surface area contributed by atoms with Gasteiger partial charge in [0.1, 0.15) is 11.9 Å². The molecule has 1 heterocycles. The fourth-order valence-corrected chi connectivity index (χ4v) is 3.17. The molecule has 0 aliphatic carbocycles. The predicted molar refractivity (Wildman–Crippen MR) is 86.6 cm³/mol. The highest BCUT2D eigenvalue weighted by atomic mass is 16.5. The van der Waals surface area contributed by atoms with Gasteiger partial charge in [0.2, 0.25) is 0 Å². The van der Waals surface area contributed by atoms with E-state index in [0.717, 1.165) is 25.0 Å². The van der Waals surface area contributed by atoms with Crippen LogP contribution in [0.2, 0.25) is 0 Å². The lowest BCUT2D eigenvalue weighted by molar-refractivity contribution is 0.194. The van der Waals surface area contributed by atoms with Crippen LogP contribution >= 0.6 is 0 Å². The lowest BCUT2D eigenvalue weighted by Crippen LogP contribution is -2.25. The van der Waals surface area contributed by atoms with E-state index in [1.807, 2.05) is 6.07 Å². The largest absolute Gasteiger partial charge is 0.490 e. The average Bonchev–Trinajstić information content (AvgIpc) is 2.91. The molecule has 2 aromatic rings. The lowest BCUT2D eigenvalue weighted by atomic mass is 9.90. The molecule has 21 heavy (non-hydrogen) atoms. The third-order valence-electron chi connectivity index (χ3n) is 4.41. The van der Waals surface area contributed by atoms with Gasteiger partial charge in [-0.3, -0.25) is 0 Å². The van der Waals surface area contributed by atoms with E-state index in [2.05, 4.69) is 49.4 Å². The molecule has 2 aromatic carbocycles. The number of benzene rings is 2. The number of ether oxygens (including phenoxy) is 1. The molecule has 2 atom stereocenters. The Hall–Kier alpha value is -1.80. The smallest absolute Gasteiger partial charge is 0.123 e. The molecule has 1 aliphatic heterocycles. The van der Waals surface area contributed by atoms with E-state index in [1.165, 1.54) is 16.7 Å². The predicted octanol–water partition coefficient (Wildman–Crippen LogP) is 3.51. The molecule has 0 bridgehead atoms. The number of rotatable bonds is 5. The van der Waals surface area contributed by atoms with Crippen LogP contribution in [0.25, 0.3) is 0 Å². The number of hydrogen-bond acceptors (Lipinski definition) is 2. The molecule has 0 saturated heterocycles. The minimum Gasteiger partial charge on any atom is -0.490 e. The first-order valence-electron chi connectivity index (χ1n) is 7.75. The molecule has 2 nitrogen and oxygen atoms in total. The molecule has 0 amide bonds. The summed E-state index contributed by atoms with van der Waals surface area (Å²) in [7, 11) is 0. The van der Waals surface area contributed by atoms with Gasteiger partial charge in [0.05, 0.1) is 0 Å². The van der Waals surface area contributed by atoms with Crippen LogP contribution in [0.4, 0.5) is 0 Å². The van der Waals surface area contributed by atoms with Gasteiger partial charge >= 0.3 is 0 Å². The number of fused-ring (bicyclic) bond motifs is 1. The van der Waals surface area contributed by atoms with Crippen LogP contribution in [0.5, 0.6) is 5.75 Å². The second-order valence-electron chi connectivity index (χ2n) is 6.02. The second-order valence-corrected chi connectivity index (χ2v) is 6.02. The minimum absolute atomic E-state index is 0.278. The summed E-state index contributed by atoms with van der Waals surface area (Å²) in [5.41, 5.74) is 10.1. The number of aryl methyl sites for hydroxylation is 1. The zero-order valence-corrected chi connectivity index (χ0v) is 12.6. The maximum absolute atomic E-state index is 6.05. The van der Waals surface area contributed by atoms with Crippen molar-refractivity contribution in [1.29, 1.82) is 0 Å². The van der Waals surface area contributed by atoms with E-state index < -0.39 is 0 Å². The second kappa shape index (κ2) is 6.31. The molecular weight excluding hydrogens is 258 g/mol. The number of nitrogens with two attached hydrogens (primary N) is 1. The Labute approximate surface area is 126 Å². The van der Waals surface area contributed by atoms with Crippen molar-refractivity contribution in [1.82, 2.24) is 0 Å². The molecule has 2 N–H and O–H groups in total. The van der Waals surface area contributed by atoms with Crippen molar-refractivity contribution >= 4 is 0 Å². The molecule has 1 aliphatic rings. The van der Waals surface area contributed by atoms with Crippen molar-refractivity contribution in [2.45, 2.75) is 32.3 Å². The summed E-state index contributed by atoms with van der Waals surface area (Å²) in [6, 6.07) is 16.9. The van der Waals surface area contributed by atoms with E-state index in [9.17, 15) is 0 Å². The average molecular weight is 281 g/mol. The van der Waals surface area contributed by atoms with Gasteiger partial charge in [-0.1, -0.05) is 42.5 Å². The fraction of sp³-hybridized carbons (Fsp3) is 0.368. The highest BCUT2D eigenvalue weighted by molar-refractivity contribution is 5.37. The maximum atomic E-state index is 6.05. The Bertz CT molecular complexity index is 583. The highest BCUT2D eigenvalue weighted by Crippen LogP contribution is 2.31. The van der Waals surface area contributed by atoms with Crippen molar-refractivity contribution in [3.05, 3.63) is 65.2 Å². The van der Waals surface area contributed by atoms with Crippen LogP contribution in [0, 0.1) is 12.8 Å². The molecule has 0 saturated carbocycles. The van der Waals surface area contributed by atoms with E-state index in [0.29, 0.717) is 12.5 Å². The monoisotopic (exact) mass is 281 g/mol. The van der Waals surface area contributed by atoms with Crippen molar-refractivity contribution in [3.63, 3.8) is 0 Å². The Morgan fingerprint density at radius 1 is 1.14 bits per heavy atom. The summed E-state index contributed by atoms with van der Waals surface area (Å²) in [6.07, 6.45) is 3.36. The van der Waals surface area contributed by atoms with Crippen LogP contribution in [-0.4, -0.2) is 12.6 Å². The SMILES string of the molecule is Cc1ccccc1CC(CN)CC1Cc2ccccc2O1. The summed E-state index contributed by atoms with van der Waals surface area (Å²) in [6.45, 7) is 2.88. The first kappa shape index (κ1) is 14.2. The van der Waals surface area contributed by atoms with Gasteiger partial charge in [-0.2, -0.15) is 0 Å². The van der Waals surface area contributed by atoms with Crippen LogP contribution in [0.3, 0.4) is 0 Å². The van der Waals surface area contributed by atoms with Crippen LogP contribution in [-0.2, 0) is 12.8 Å². The summed E-state index contributed by atoms with van der Waals surface area (Å²) in [5.74, 6) is 1.53. The van der Waals surface area contributed by atoms with Crippen molar-refractivity contribution < 1.29 is 4.74 Å². The van der Waals surface area contributed by atoms with E-state index in [-0.39, 0.29) is 6.10 Å². The zero-order chi connectivity index (χ0) is 14.7. The van der Waals surface area contributed by atoms with Gasteiger partial charge in [0, 0.05) is 6.42 Å². The van der Waals surface area contributed by atoms with Crippen LogP contribution < -0.4 is 10.5 Å². The summed E-state index contributed by atoms with van der Waals surface area (Å²) >= 11 is 0. The molecule has 110 valence electrons. The Kier molecular flexibility index (Phi) is 4.26. The fourth-order valence-electron chi connectivity index (χ4n) is 3.17. The molecule has 0 aromatic heterocycles. The minimum atomic E-state index is 0.278. The van der Waals surface area contributed by atoms with Crippen LogP contribution in [0.15, 0.2) is 48.5 Å². The standard InChI is InChI=1S/C19H23NO/c1-14-6-2-3-7-16(14)10-15(13-20)11-18-12-17-8-4-5-9-19(17)21-18/h2-9,15,18H,10-13,20H2,1H3. The molecule has 0 fully saturated rings. The molecule has 2 unspecified atom stereocenters. The van der Waals surface area contributed by atoms with E-state index in [1.54, 1.807) is 0 Å².